The summed E-state index contributed by atoms with van der Waals surface area (Å²) in [6.07, 6.45) is -1.14. The fourth-order valence-corrected chi connectivity index (χ4v) is 4.29. The van der Waals surface area contributed by atoms with E-state index in [1.165, 1.54) is 6.07 Å². The number of fused-ring (bicyclic) bond motifs is 1. The molecule has 1 heterocycles. The van der Waals surface area contributed by atoms with Crippen molar-refractivity contribution < 1.29 is 18.6 Å². The molecule has 0 radical (unpaired) electrons. The van der Waals surface area contributed by atoms with Gasteiger partial charge in [-0.25, -0.2) is 22.9 Å². The smallest absolute Gasteiger partial charge is 0.249 e. The monoisotopic (exact) mass is 311 g/mol. The first-order chi connectivity index (χ1) is 9.57. The Morgan fingerprint density at radius 2 is 1.75 bits per heavy atom. The number of halogens is 1. The van der Waals surface area contributed by atoms with Gasteiger partial charge < -0.3 is 0 Å². The van der Waals surface area contributed by atoms with Gasteiger partial charge in [-0.3, -0.25) is 0 Å². The largest absolute Gasteiger partial charge is 0.267 e. The predicted octanol–water partition coefficient (Wildman–Crippen LogP) is 3.04. The normalized spacial score (nSPS) is 19.9. The molecule has 0 saturated heterocycles. The van der Waals surface area contributed by atoms with Crippen LogP contribution in [0.1, 0.15) is 11.8 Å². The number of anilines is 1. The van der Waals surface area contributed by atoms with Crippen LogP contribution in [0.4, 0.5) is 5.69 Å². The van der Waals surface area contributed by atoms with E-state index in [2.05, 4.69) is 4.89 Å². The third-order valence-electron chi connectivity index (χ3n) is 3.12. The van der Waals surface area contributed by atoms with Crippen molar-refractivity contribution in [2.24, 2.45) is 0 Å². The van der Waals surface area contributed by atoms with Crippen LogP contribution in [0.15, 0.2) is 53.4 Å². The third kappa shape index (κ3) is 1.81. The molecule has 20 heavy (non-hydrogen) atoms. The van der Waals surface area contributed by atoms with Gasteiger partial charge in [-0.05, 0) is 18.2 Å². The second kappa shape index (κ2) is 4.75. The van der Waals surface area contributed by atoms with E-state index in [4.69, 9.17) is 16.9 Å². The summed E-state index contributed by atoms with van der Waals surface area (Å²) in [6.45, 7) is 0. The number of benzene rings is 2. The first-order valence-corrected chi connectivity index (χ1v) is 7.57. The van der Waals surface area contributed by atoms with Crippen LogP contribution in [0.3, 0.4) is 0 Å². The van der Waals surface area contributed by atoms with Gasteiger partial charge in [-0.2, -0.15) is 0 Å². The van der Waals surface area contributed by atoms with Gasteiger partial charge in [0.2, 0.25) is 6.23 Å². The van der Waals surface area contributed by atoms with E-state index in [1.54, 1.807) is 42.5 Å². The Labute approximate surface area is 121 Å². The van der Waals surface area contributed by atoms with Gasteiger partial charge >= 0.3 is 0 Å². The fourth-order valence-electron chi connectivity index (χ4n) is 2.26. The molecule has 0 aliphatic carbocycles. The molecule has 7 heteroatoms. The standard InChI is InChI=1S/C13H10ClNO4S/c14-10-6-2-3-7-11(10)15-13(19-16)9-5-1-4-8-12(9)20(15,17)18/h1-8,13,16H/t13-/m0/s1. The lowest BCUT2D eigenvalue weighted by Gasteiger charge is -2.23. The summed E-state index contributed by atoms with van der Waals surface area (Å²) in [5.41, 5.74) is 0.624. The first-order valence-electron chi connectivity index (χ1n) is 5.75. The Morgan fingerprint density at radius 1 is 1.10 bits per heavy atom. The van der Waals surface area contributed by atoms with Crippen molar-refractivity contribution in [1.82, 2.24) is 0 Å². The summed E-state index contributed by atoms with van der Waals surface area (Å²) in [5.74, 6) is 0. The van der Waals surface area contributed by atoms with Crippen molar-refractivity contribution in [3.05, 3.63) is 59.1 Å². The molecule has 2 aromatic carbocycles. The van der Waals surface area contributed by atoms with Gasteiger partial charge in [0.05, 0.1) is 15.6 Å². The molecule has 0 bridgehead atoms. The lowest BCUT2D eigenvalue weighted by molar-refractivity contribution is -0.277. The Kier molecular flexibility index (Phi) is 3.18. The maximum Gasteiger partial charge on any atom is 0.267 e. The summed E-state index contributed by atoms with van der Waals surface area (Å²) in [7, 11) is -3.82. The number of hydrogen-bond donors (Lipinski definition) is 1. The molecular weight excluding hydrogens is 302 g/mol. The second-order valence-corrected chi connectivity index (χ2v) is 6.44. The number of hydrogen-bond acceptors (Lipinski definition) is 4. The molecule has 104 valence electrons. The summed E-state index contributed by atoms with van der Waals surface area (Å²) in [5, 5.41) is 9.37. The minimum Gasteiger partial charge on any atom is -0.249 e. The summed E-state index contributed by atoms with van der Waals surface area (Å²) in [6, 6.07) is 12.8. The number of rotatable bonds is 2. The Hall–Kier alpha value is -1.60. The molecule has 0 unspecified atom stereocenters. The molecule has 1 atom stereocenters. The van der Waals surface area contributed by atoms with E-state index >= 15 is 0 Å². The van der Waals surface area contributed by atoms with Crippen molar-refractivity contribution in [3.8, 4) is 0 Å². The van der Waals surface area contributed by atoms with Crippen molar-refractivity contribution in [3.63, 3.8) is 0 Å². The summed E-state index contributed by atoms with van der Waals surface area (Å²) >= 11 is 6.05. The molecule has 1 aliphatic rings. The van der Waals surface area contributed by atoms with Gasteiger partial charge in [0, 0.05) is 5.56 Å². The average molecular weight is 312 g/mol. The molecule has 1 aliphatic heterocycles. The van der Waals surface area contributed by atoms with Gasteiger partial charge in [0.1, 0.15) is 0 Å². The highest BCUT2D eigenvalue weighted by Crippen LogP contribution is 2.44. The fraction of sp³-hybridized carbons (Fsp3) is 0.0769. The van der Waals surface area contributed by atoms with Crippen molar-refractivity contribution in [1.29, 1.82) is 0 Å². The summed E-state index contributed by atoms with van der Waals surface area (Å²) in [4.78, 5) is 4.48. The van der Waals surface area contributed by atoms with E-state index in [9.17, 15) is 8.42 Å². The van der Waals surface area contributed by atoms with Crippen LogP contribution < -0.4 is 4.31 Å². The van der Waals surface area contributed by atoms with Crippen molar-refractivity contribution in [2.45, 2.75) is 11.1 Å². The van der Waals surface area contributed by atoms with E-state index in [0.29, 0.717) is 5.56 Å². The van der Waals surface area contributed by atoms with Crippen LogP contribution >= 0.6 is 11.6 Å². The van der Waals surface area contributed by atoms with Gasteiger partial charge in [-0.1, -0.05) is 41.9 Å². The van der Waals surface area contributed by atoms with E-state index in [1.807, 2.05) is 0 Å². The van der Waals surface area contributed by atoms with Gasteiger partial charge in [-0.15, -0.1) is 0 Å². The van der Waals surface area contributed by atoms with Gasteiger partial charge in [0.25, 0.3) is 10.0 Å². The molecule has 1 N–H and O–H groups in total. The van der Waals surface area contributed by atoms with E-state index < -0.39 is 16.3 Å². The highest BCUT2D eigenvalue weighted by molar-refractivity contribution is 7.93. The molecule has 5 nitrogen and oxygen atoms in total. The molecular formula is C13H10ClNO4S. The van der Waals surface area contributed by atoms with Crippen LogP contribution in [-0.4, -0.2) is 13.7 Å². The highest BCUT2D eigenvalue weighted by Gasteiger charge is 2.44. The molecule has 0 aromatic heterocycles. The molecule has 0 saturated carbocycles. The maximum absolute atomic E-state index is 12.6. The zero-order valence-electron chi connectivity index (χ0n) is 10.1. The molecule has 0 fully saturated rings. The van der Waals surface area contributed by atoms with Crippen molar-refractivity contribution in [2.75, 3.05) is 4.31 Å². The highest BCUT2D eigenvalue weighted by atomic mass is 35.5. The minimum absolute atomic E-state index is 0.0963. The average Bonchev–Trinajstić information content (AvgIpc) is 2.68. The topological polar surface area (TPSA) is 66.8 Å². The zero-order chi connectivity index (χ0) is 14.3. The van der Waals surface area contributed by atoms with E-state index in [-0.39, 0.29) is 15.6 Å². The second-order valence-electron chi connectivity index (χ2n) is 4.25. The maximum atomic E-state index is 12.6. The van der Waals surface area contributed by atoms with Crippen LogP contribution in [0, 0.1) is 0 Å². The summed E-state index contributed by atoms with van der Waals surface area (Å²) < 4.78 is 26.1. The zero-order valence-corrected chi connectivity index (χ0v) is 11.7. The number of nitrogens with zero attached hydrogens (tertiary/aromatic N) is 1. The quantitative estimate of drug-likeness (QED) is 0.684. The Morgan fingerprint density at radius 3 is 2.45 bits per heavy atom. The lowest BCUT2D eigenvalue weighted by atomic mass is 10.2. The molecule has 0 spiro atoms. The molecule has 2 aromatic rings. The predicted molar refractivity (Wildman–Crippen MR) is 74.0 cm³/mol. The Balaban J connectivity index is 2.26. The third-order valence-corrected chi connectivity index (χ3v) is 5.28. The first kappa shape index (κ1) is 13.4. The van der Waals surface area contributed by atoms with Crippen LogP contribution in [-0.2, 0) is 14.9 Å². The van der Waals surface area contributed by atoms with Crippen LogP contribution in [0.2, 0.25) is 5.02 Å². The lowest BCUT2D eigenvalue weighted by Crippen LogP contribution is -2.29. The molecule has 0 amide bonds. The van der Waals surface area contributed by atoms with Crippen molar-refractivity contribution >= 4 is 27.3 Å². The Bertz CT molecular complexity index is 762. The van der Waals surface area contributed by atoms with Crippen LogP contribution in [0.25, 0.3) is 0 Å². The minimum atomic E-state index is -3.82. The van der Waals surface area contributed by atoms with E-state index in [0.717, 1.165) is 4.31 Å². The van der Waals surface area contributed by atoms with Crippen LogP contribution in [0.5, 0.6) is 0 Å². The van der Waals surface area contributed by atoms with Gasteiger partial charge in [0.15, 0.2) is 0 Å². The number of para-hydroxylation sites is 1. The number of sulfonamides is 1. The SMILES string of the molecule is O=S1(=O)c2ccccc2[C@H](OO)N1c1ccccc1Cl. The molecule has 3 rings (SSSR count).